The molecule has 0 aliphatic carbocycles. The third-order valence-electron chi connectivity index (χ3n) is 2.53. The summed E-state index contributed by atoms with van der Waals surface area (Å²) in [5.74, 6) is 0.153. The summed E-state index contributed by atoms with van der Waals surface area (Å²) in [6.07, 6.45) is 1.72. The molecular weight excluding hydrogens is 180 g/mol. The summed E-state index contributed by atoms with van der Waals surface area (Å²) in [6, 6.07) is 0. The second-order valence-corrected chi connectivity index (χ2v) is 3.52. The van der Waals surface area contributed by atoms with Gasteiger partial charge in [-0.2, -0.15) is 0 Å². The Kier molecular flexibility index (Phi) is 4.90. The Bertz CT molecular complexity index is 179. The molecule has 0 saturated carbocycles. The maximum atomic E-state index is 11.9. The Labute approximate surface area is 85.6 Å². The van der Waals surface area contributed by atoms with Crippen LogP contribution in [0.4, 0.5) is 0 Å². The molecule has 1 unspecified atom stereocenters. The van der Waals surface area contributed by atoms with E-state index in [2.05, 4.69) is 5.32 Å². The van der Waals surface area contributed by atoms with Gasteiger partial charge in [-0.1, -0.05) is 0 Å². The molecule has 0 aromatic carbocycles. The van der Waals surface area contributed by atoms with Gasteiger partial charge in [-0.25, -0.2) is 0 Å². The highest BCUT2D eigenvalue weighted by atomic mass is 16.5. The highest BCUT2D eigenvalue weighted by Gasteiger charge is 2.26. The molecule has 0 spiro atoms. The predicted octanol–water partition coefficient (Wildman–Crippen LogP) is 0.233. The van der Waals surface area contributed by atoms with E-state index >= 15 is 0 Å². The summed E-state index contributed by atoms with van der Waals surface area (Å²) >= 11 is 0. The zero-order valence-corrected chi connectivity index (χ0v) is 9.08. The van der Waals surface area contributed by atoms with Crippen molar-refractivity contribution in [1.82, 2.24) is 10.2 Å². The molecule has 1 aliphatic heterocycles. The molecule has 0 aromatic rings. The number of ether oxygens (including phenoxy) is 1. The molecule has 1 heterocycles. The van der Waals surface area contributed by atoms with Crippen molar-refractivity contribution in [2.75, 3.05) is 33.3 Å². The van der Waals surface area contributed by atoms with Crippen LogP contribution in [0.25, 0.3) is 0 Å². The lowest BCUT2D eigenvalue weighted by Crippen LogP contribution is -2.41. The fraction of sp³-hybridized carbons (Fsp3) is 0.900. The zero-order chi connectivity index (χ0) is 10.4. The maximum Gasteiger partial charge on any atom is 0.251 e. The Morgan fingerprint density at radius 2 is 2.43 bits per heavy atom. The van der Waals surface area contributed by atoms with Crippen LogP contribution in [0.1, 0.15) is 19.8 Å². The first-order valence-electron chi connectivity index (χ1n) is 5.34. The van der Waals surface area contributed by atoms with Gasteiger partial charge in [0.05, 0.1) is 0 Å². The van der Waals surface area contributed by atoms with Crippen molar-refractivity contribution in [2.45, 2.75) is 25.9 Å². The minimum atomic E-state index is -0.174. The van der Waals surface area contributed by atoms with E-state index in [1.165, 1.54) is 0 Å². The van der Waals surface area contributed by atoms with E-state index in [1.54, 1.807) is 0 Å². The first kappa shape index (κ1) is 11.5. The van der Waals surface area contributed by atoms with Crippen molar-refractivity contribution in [3.63, 3.8) is 0 Å². The minimum Gasteiger partial charge on any atom is -0.368 e. The monoisotopic (exact) mass is 200 g/mol. The summed E-state index contributed by atoms with van der Waals surface area (Å²) in [5, 5.41) is 3.04. The second kappa shape index (κ2) is 5.98. The quantitative estimate of drug-likeness (QED) is 0.691. The summed E-state index contributed by atoms with van der Waals surface area (Å²) in [6.45, 7) is 5.11. The van der Waals surface area contributed by atoms with Crippen molar-refractivity contribution in [2.24, 2.45) is 0 Å². The molecule has 1 rings (SSSR count). The van der Waals surface area contributed by atoms with Crippen LogP contribution < -0.4 is 5.32 Å². The first-order chi connectivity index (χ1) is 6.79. The number of carbonyl (C=O) groups is 1. The molecule has 4 nitrogen and oxygen atoms in total. The average Bonchev–Trinajstić information content (AvgIpc) is 2.71. The van der Waals surface area contributed by atoms with Gasteiger partial charge in [0, 0.05) is 26.2 Å². The molecule has 1 aliphatic rings. The summed E-state index contributed by atoms with van der Waals surface area (Å²) in [4.78, 5) is 13.7. The standard InChI is InChI=1S/C10H20N2O2/c1-3-12(7-6-11-2)10(13)9-5-4-8-14-9/h9,11H,3-8H2,1-2H3. The highest BCUT2D eigenvalue weighted by Crippen LogP contribution is 2.14. The van der Waals surface area contributed by atoms with Gasteiger partial charge in [0.25, 0.3) is 5.91 Å². The van der Waals surface area contributed by atoms with Crippen molar-refractivity contribution in [3.8, 4) is 0 Å². The Morgan fingerprint density at radius 3 is 2.93 bits per heavy atom. The van der Waals surface area contributed by atoms with Crippen LogP contribution in [-0.4, -0.2) is 50.2 Å². The minimum absolute atomic E-state index is 0.153. The fourth-order valence-electron chi connectivity index (χ4n) is 1.65. The smallest absolute Gasteiger partial charge is 0.251 e. The highest BCUT2D eigenvalue weighted by molar-refractivity contribution is 5.81. The van der Waals surface area contributed by atoms with Crippen molar-refractivity contribution >= 4 is 5.91 Å². The second-order valence-electron chi connectivity index (χ2n) is 3.52. The lowest BCUT2D eigenvalue weighted by atomic mass is 10.2. The van der Waals surface area contributed by atoms with Gasteiger partial charge in [0.1, 0.15) is 6.10 Å². The third kappa shape index (κ3) is 2.96. The molecular formula is C10H20N2O2. The number of hydrogen-bond acceptors (Lipinski definition) is 3. The topological polar surface area (TPSA) is 41.6 Å². The molecule has 1 fully saturated rings. The van der Waals surface area contributed by atoms with E-state index in [9.17, 15) is 4.79 Å². The third-order valence-corrected chi connectivity index (χ3v) is 2.53. The van der Waals surface area contributed by atoms with E-state index in [-0.39, 0.29) is 12.0 Å². The van der Waals surface area contributed by atoms with Gasteiger partial charge in [0.15, 0.2) is 0 Å². The van der Waals surface area contributed by atoms with E-state index in [0.29, 0.717) is 0 Å². The van der Waals surface area contributed by atoms with Gasteiger partial charge in [-0.15, -0.1) is 0 Å². The summed E-state index contributed by atoms with van der Waals surface area (Å²) in [7, 11) is 1.89. The van der Waals surface area contributed by atoms with Crippen molar-refractivity contribution in [3.05, 3.63) is 0 Å². The zero-order valence-electron chi connectivity index (χ0n) is 9.08. The van der Waals surface area contributed by atoms with E-state index < -0.39 is 0 Å². The summed E-state index contributed by atoms with van der Waals surface area (Å²) in [5.41, 5.74) is 0. The average molecular weight is 200 g/mol. The van der Waals surface area contributed by atoms with E-state index in [1.807, 2.05) is 18.9 Å². The normalized spacial score (nSPS) is 21.1. The molecule has 1 N–H and O–H groups in total. The fourth-order valence-corrected chi connectivity index (χ4v) is 1.65. The Hall–Kier alpha value is -0.610. The largest absolute Gasteiger partial charge is 0.368 e. The first-order valence-corrected chi connectivity index (χ1v) is 5.34. The molecule has 82 valence electrons. The van der Waals surface area contributed by atoms with Gasteiger partial charge >= 0.3 is 0 Å². The number of likely N-dealkylation sites (N-methyl/N-ethyl adjacent to an activating group) is 2. The number of hydrogen-bond donors (Lipinski definition) is 1. The number of carbonyl (C=O) groups excluding carboxylic acids is 1. The lowest BCUT2D eigenvalue weighted by molar-refractivity contribution is -0.140. The van der Waals surface area contributed by atoms with Crippen LogP contribution >= 0.6 is 0 Å². The van der Waals surface area contributed by atoms with Crippen LogP contribution in [0.2, 0.25) is 0 Å². The molecule has 4 heteroatoms. The molecule has 0 bridgehead atoms. The predicted molar refractivity (Wildman–Crippen MR) is 55.2 cm³/mol. The van der Waals surface area contributed by atoms with E-state index in [4.69, 9.17) is 4.74 Å². The van der Waals surface area contributed by atoms with E-state index in [0.717, 1.165) is 39.1 Å². The lowest BCUT2D eigenvalue weighted by Gasteiger charge is -2.23. The van der Waals surface area contributed by atoms with Gasteiger partial charge < -0.3 is 15.0 Å². The molecule has 0 radical (unpaired) electrons. The molecule has 0 aromatic heterocycles. The van der Waals surface area contributed by atoms with Crippen molar-refractivity contribution < 1.29 is 9.53 Å². The molecule has 1 saturated heterocycles. The summed E-state index contributed by atoms with van der Waals surface area (Å²) < 4.78 is 5.37. The van der Waals surface area contributed by atoms with Crippen LogP contribution in [0.3, 0.4) is 0 Å². The maximum absolute atomic E-state index is 11.9. The SMILES string of the molecule is CCN(CCNC)C(=O)C1CCCO1. The Balaban J connectivity index is 2.37. The Morgan fingerprint density at radius 1 is 1.64 bits per heavy atom. The van der Waals surface area contributed by atoms with Crippen LogP contribution in [0.15, 0.2) is 0 Å². The molecule has 1 amide bonds. The number of nitrogens with one attached hydrogen (secondary N) is 1. The van der Waals surface area contributed by atoms with Crippen LogP contribution in [0.5, 0.6) is 0 Å². The van der Waals surface area contributed by atoms with Gasteiger partial charge in [-0.3, -0.25) is 4.79 Å². The van der Waals surface area contributed by atoms with Crippen LogP contribution in [0, 0.1) is 0 Å². The van der Waals surface area contributed by atoms with Crippen molar-refractivity contribution in [1.29, 1.82) is 0 Å². The number of nitrogens with zero attached hydrogens (tertiary/aromatic N) is 1. The molecule has 1 atom stereocenters. The number of amides is 1. The van der Waals surface area contributed by atoms with Gasteiger partial charge in [-0.05, 0) is 26.8 Å². The van der Waals surface area contributed by atoms with Crippen LogP contribution in [-0.2, 0) is 9.53 Å². The number of rotatable bonds is 5. The van der Waals surface area contributed by atoms with Gasteiger partial charge in [0.2, 0.25) is 0 Å². The molecule has 14 heavy (non-hydrogen) atoms.